The Morgan fingerprint density at radius 2 is 1.81 bits per heavy atom. The zero-order chi connectivity index (χ0) is 17.9. The molecule has 2 aromatic heterocycles. The van der Waals surface area contributed by atoms with E-state index < -0.39 is 0 Å². The summed E-state index contributed by atoms with van der Waals surface area (Å²) in [4.78, 5) is 14.0. The highest BCUT2D eigenvalue weighted by molar-refractivity contribution is 7.99. The smallest absolute Gasteiger partial charge is 0.158 e. The molecule has 0 aliphatic carbocycles. The number of anilines is 3. The number of fused-ring (bicyclic) bond motifs is 1. The van der Waals surface area contributed by atoms with Gasteiger partial charge < -0.3 is 11.1 Å². The van der Waals surface area contributed by atoms with Crippen LogP contribution in [0.5, 0.6) is 0 Å². The van der Waals surface area contributed by atoms with Gasteiger partial charge in [-0.2, -0.15) is 0 Å². The first-order chi connectivity index (χ1) is 12.7. The number of halogens is 1. The number of hydrogen-bond donors (Lipinski definition) is 2. The van der Waals surface area contributed by atoms with Crippen LogP contribution in [-0.2, 0) is 0 Å². The van der Waals surface area contributed by atoms with E-state index in [0.717, 1.165) is 21.5 Å². The minimum atomic E-state index is 0.477. The fourth-order valence-electron chi connectivity index (χ4n) is 2.53. The maximum Gasteiger partial charge on any atom is 0.158 e. The standard InChI is InChI=1S/C19H14ClN5S/c20-13-6-2-7-14(10-13)25-18-16(21)19(24-11-23-18)26-15-8-1-4-12-5-3-9-22-17(12)15/h1-11H,21H2,(H,23,24,25). The maximum atomic E-state index is 6.30. The van der Waals surface area contributed by atoms with Gasteiger partial charge in [0.15, 0.2) is 5.82 Å². The molecular weight excluding hydrogens is 366 g/mol. The Balaban J connectivity index is 1.67. The van der Waals surface area contributed by atoms with E-state index in [4.69, 9.17) is 17.3 Å². The molecule has 3 N–H and O–H groups in total. The van der Waals surface area contributed by atoms with Crippen molar-refractivity contribution in [2.24, 2.45) is 0 Å². The SMILES string of the molecule is Nc1c(Nc2cccc(Cl)c2)ncnc1Sc1cccc2cccnc12. The molecule has 0 saturated heterocycles. The molecular formula is C19H14ClN5S. The van der Waals surface area contributed by atoms with Crippen molar-refractivity contribution in [3.63, 3.8) is 0 Å². The highest BCUT2D eigenvalue weighted by atomic mass is 35.5. The molecule has 128 valence electrons. The van der Waals surface area contributed by atoms with Crippen molar-refractivity contribution >= 4 is 51.5 Å². The van der Waals surface area contributed by atoms with Crippen molar-refractivity contribution in [1.82, 2.24) is 15.0 Å². The van der Waals surface area contributed by atoms with E-state index in [9.17, 15) is 0 Å². The molecule has 0 saturated carbocycles. The lowest BCUT2D eigenvalue weighted by atomic mass is 10.2. The van der Waals surface area contributed by atoms with Crippen LogP contribution in [0.2, 0.25) is 5.02 Å². The lowest BCUT2D eigenvalue weighted by Gasteiger charge is -2.11. The van der Waals surface area contributed by atoms with Crippen molar-refractivity contribution < 1.29 is 0 Å². The molecule has 2 heterocycles. The molecule has 0 aliphatic rings. The molecule has 0 atom stereocenters. The van der Waals surface area contributed by atoms with Gasteiger partial charge in [-0.1, -0.05) is 47.6 Å². The third-order valence-corrected chi connectivity index (χ3v) is 5.04. The van der Waals surface area contributed by atoms with Gasteiger partial charge in [-0.15, -0.1) is 0 Å². The molecule has 5 nitrogen and oxygen atoms in total. The van der Waals surface area contributed by atoms with Gasteiger partial charge >= 0.3 is 0 Å². The minimum Gasteiger partial charge on any atom is -0.394 e. The van der Waals surface area contributed by atoms with E-state index in [2.05, 4.69) is 20.3 Å². The molecule has 0 amide bonds. The van der Waals surface area contributed by atoms with Gasteiger partial charge in [-0.05, 0) is 30.3 Å². The van der Waals surface area contributed by atoms with Crippen LogP contribution >= 0.6 is 23.4 Å². The molecule has 0 unspecified atom stereocenters. The Morgan fingerprint density at radius 3 is 2.69 bits per heavy atom. The summed E-state index contributed by atoms with van der Waals surface area (Å²) in [5.41, 5.74) is 8.51. The number of para-hydroxylation sites is 1. The van der Waals surface area contributed by atoms with Gasteiger partial charge in [0, 0.05) is 27.2 Å². The van der Waals surface area contributed by atoms with Gasteiger partial charge in [0.25, 0.3) is 0 Å². The Labute approximate surface area is 159 Å². The first-order valence-electron chi connectivity index (χ1n) is 7.85. The first-order valence-corrected chi connectivity index (χ1v) is 9.05. The molecule has 0 spiro atoms. The Kier molecular flexibility index (Phi) is 4.60. The fraction of sp³-hybridized carbons (Fsp3) is 0. The number of nitrogens with two attached hydrogens (primary N) is 1. The third kappa shape index (κ3) is 3.42. The zero-order valence-corrected chi connectivity index (χ0v) is 15.1. The van der Waals surface area contributed by atoms with Crippen LogP contribution in [0.3, 0.4) is 0 Å². The topological polar surface area (TPSA) is 76.7 Å². The summed E-state index contributed by atoms with van der Waals surface area (Å²) in [7, 11) is 0. The number of rotatable bonds is 4. The van der Waals surface area contributed by atoms with Crippen molar-refractivity contribution in [3.8, 4) is 0 Å². The van der Waals surface area contributed by atoms with Crippen molar-refractivity contribution in [3.05, 3.63) is 72.1 Å². The van der Waals surface area contributed by atoms with E-state index in [-0.39, 0.29) is 0 Å². The van der Waals surface area contributed by atoms with Crippen LogP contribution in [0.1, 0.15) is 0 Å². The number of nitrogen functional groups attached to an aromatic ring is 1. The van der Waals surface area contributed by atoms with E-state index in [0.29, 0.717) is 21.6 Å². The highest BCUT2D eigenvalue weighted by Crippen LogP contribution is 2.36. The first kappa shape index (κ1) is 16.6. The second kappa shape index (κ2) is 7.19. The number of nitrogens with one attached hydrogen (secondary N) is 1. The minimum absolute atomic E-state index is 0.477. The fourth-order valence-corrected chi connectivity index (χ4v) is 3.64. The summed E-state index contributed by atoms with van der Waals surface area (Å²) in [6.45, 7) is 0. The van der Waals surface area contributed by atoms with Gasteiger partial charge in [0.1, 0.15) is 17.0 Å². The van der Waals surface area contributed by atoms with E-state index in [1.165, 1.54) is 18.1 Å². The van der Waals surface area contributed by atoms with Crippen LogP contribution in [0.15, 0.2) is 77.0 Å². The molecule has 0 bridgehead atoms. The van der Waals surface area contributed by atoms with Gasteiger partial charge in [0.05, 0.1) is 5.52 Å². The quantitative estimate of drug-likeness (QED) is 0.477. The molecule has 0 radical (unpaired) electrons. The lowest BCUT2D eigenvalue weighted by Crippen LogP contribution is -2.02. The van der Waals surface area contributed by atoms with Gasteiger partial charge in [-0.25, -0.2) is 9.97 Å². The Bertz CT molecular complexity index is 1080. The number of benzene rings is 2. The third-order valence-electron chi connectivity index (χ3n) is 3.74. The molecule has 0 aliphatic heterocycles. The summed E-state index contributed by atoms with van der Waals surface area (Å²) >= 11 is 7.50. The normalized spacial score (nSPS) is 10.8. The predicted molar refractivity (Wildman–Crippen MR) is 107 cm³/mol. The summed E-state index contributed by atoms with van der Waals surface area (Å²) in [6.07, 6.45) is 3.27. The highest BCUT2D eigenvalue weighted by Gasteiger charge is 2.12. The molecule has 26 heavy (non-hydrogen) atoms. The Morgan fingerprint density at radius 1 is 0.962 bits per heavy atom. The van der Waals surface area contributed by atoms with Crippen LogP contribution in [0, 0.1) is 0 Å². The van der Waals surface area contributed by atoms with E-state index in [1.54, 1.807) is 6.20 Å². The summed E-state index contributed by atoms with van der Waals surface area (Å²) in [5.74, 6) is 0.540. The van der Waals surface area contributed by atoms with E-state index >= 15 is 0 Å². The average Bonchev–Trinajstić information content (AvgIpc) is 2.65. The molecule has 4 aromatic rings. The van der Waals surface area contributed by atoms with Gasteiger partial charge in [0.2, 0.25) is 0 Å². The van der Waals surface area contributed by atoms with Crippen LogP contribution in [-0.4, -0.2) is 15.0 Å². The summed E-state index contributed by atoms with van der Waals surface area (Å²) in [6, 6.07) is 17.4. The molecule has 2 aromatic carbocycles. The second-order valence-corrected chi connectivity index (χ2v) is 6.98. The van der Waals surface area contributed by atoms with Crippen LogP contribution < -0.4 is 11.1 Å². The lowest BCUT2D eigenvalue weighted by molar-refractivity contribution is 1.06. The largest absolute Gasteiger partial charge is 0.394 e. The summed E-state index contributed by atoms with van der Waals surface area (Å²) < 4.78 is 0. The van der Waals surface area contributed by atoms with Crippen LogP contribution in [0.25, 0.3) is 10.9 Å². The monoisotopic (exact) mass is 379 g/mol. The van der Waals surface area contributed by atoms with Crippen molar-refractivity contribution in [2.75, 3.05) is 11.1 Å². The van der Waals surface area contributed by atoms with Crippen LogP contribution in [0.4, 0.5) is 17.2 Å². The number of nitrogens with zero attached hydrogens (tertiary/aromatic N) is 3. The maximum absolute atomic E-state index is 6.30. The number of pyridine rings is 1. The molecule has 7 heteroatoms. The number of hydrogen-bond acceptors (Lipinski definition) is 6. The second-order valence-electron chi connectivity index (χ2n) is 5.51. The zero-order valence-electron chi connectivity index (χ0n) is 13.6. The van der Waals surface area contributed by atoms with Crippen molar-refractivity contribution in [1.29, 1.82) is 0 Å². The van der Waals surface area contributed by atoms with E-state index in [1.807, 2.05) is 54.6 Å². The number of aromatic nitrogens is 3. The molecule has 4 rings (SSSR count). The van der Waals surface area contributed by atoms with Crippen molar-refractivity contribution in [2.45, 2.75) is 9.92 Å². The summed E-state index contributed by atoms with van der Waals surface area (Å²) in [5, 5.41) is 5.57. The molecule has 0 fully saturated rings. The Hall–Kier alpha value is -2.83. The predicted octanol–water partition coefficient (Wildman–Crippen LogP) is 5.16. The average molecular weight is 380 g/mol. The van der Waals surface area contributed by atoms with Gasteiger partial charge in [-0.3, -0.25) is 4.98 Å².